The monoisotopic (exact) mass is 454 g/mol. The maximum Gasteiger partial charge on any atom is 0.0835 e. The van der Waals surface area contributed by atoms with Crippen LogP contribution in [0.25, 0.3) is 11.1 Å². The molecule has 0 aromatic heterocycles. The zero-order valence-electron chi connectivity index (χ0n) is 21.5. The summed E-state index contributed by atoms with van der Waals surface area (Å²) >= 11 is 0. The molecule has 2 aliphatic rings. The second-order valence-corrected chi connectivity index (χ2v) is 10.7. The molecule has 0 amide bonds. The Morgan fingerprint density at radius 2 is 0.971 bits per heavy atom. The van der Waals surface area contributed by atoms with E-state index in [4.69, 9.17) is 0 Å². The third kappa shape index (κ3) is 6.81. The van der Waals surface area contributed by atoms with E-state index in [1.165, 1.54) is 59.1 Å². The lowest BCUT2D eigenvalue weighted by atomic mass is 9.79. The SMILES string of the molecule is Cc1ccc(-c2ccc(C3CCC(C)CC3)cc2)cc1.Cc1ccc(C2NCC(C)CN2)cc1. The van der Waals surface area contributed by atoms with Crippen molar-refractivity contribution in [1.29, 1.82) is 0 Å². The number of hydrogen-bond donors (Lipinski definition) is 2. The van der Waals surface area contributed by atoms with Gasteiger partial charge < -0.3 is 0 Å². The number of nitrogens with one attached hydrogen (secondary N) is 2. The molecule has 1 saturated carbocycles. The predicted molar refractivity (Wildman–Crippen MR) is 146 cm³/mol. The summed E-state index contributed by atoms with van der Waals surface area (Å²) in [5, 5.41) is 6.99. The minimum Gasteiger partial charge on any atom is -0.298 e. The van der Waals surface area contributed by atoms with Crippen LogP contribution in [0.4, 0.5) is 0 Å². The Labute approximate surface area is 207 Å². The molecule has 0 bridgehead atoms. The Hall–Kier alpha value is -2.42. The summed E-state index contributed by atoms with van der Waals surface area (Å²) in [7, 11) is 0. The van der Waals surface area contributed by atoms with Gasteiger partial charge in [0.1, 0.15) is 0 Å². The lowest BCUT2D eigenvalue weighted by Crippen LogP contribution is -2.45. The van der Waals surface area contributed by atoms with Crippen LogP contribution in [0.3, 0.4) is 0 Å². The maximum absolute atomic E-state index is 3.49. The Morgan fingerprint density at radius 1 is 0.529 bits per heavy atom. The molecular weight excluding hydrogens is 412 g/mol. The normalized spacial score (nSPS) is 24.7. The van der Waals surface area contributed by atoms with Gasteiger partial charge in [0.15, 0.2) is 0 Å². The van der Waals surface area contributed by atoms with Gasteiger partial charge in [0.2, 0.25) is 0 Å². The number of aryl methyl sites for hydroxylation is 2. The molecule has 0 spiro atoms. The van der Waals surface area contributed by atoms with E-state index in [0.717, 1.165) is 30.8 Å². The molecule has 180 valence electrons. The van der Waals surface area contributed by atoms with E-state index >= 15 is 0 Å². The molecule has 2 heteroatoms. The van der Waals surface area contributed by atoms with Crippen molar-refractivity contribution in [3.63, 3.8) is 0 Å². The van der Waals surface area contributed by atoms with Crippen LogP contribution in [0.1, 0.15) is 73.9 Å². The minimum absolute atomic E-state index is 0.340. The lowest BCUT2D eigenvalue weighted by Gasteiger charge is -2.29. The van der Waals surface area contributed by atoms with Gasteiger partial charge in [0.25, 0.3) is 0 Å². The van der Waals surface area contributed by atoms with E-state index < -0.39 is 0 Å². The Kier molecular flexibility index (Phi) is 8.59. The van der Waals surface area contributed by atoms with E-state index in [-0.39, 0.29) is 0 Å². The van der Waals surface area contributed by atoms with Crippen LogP contribution in [-0.2, 0) is 0 Å². The quantitative estimate of drug-likeness (QED) is 0.422. The fourth-order valence-corrected chi connectivity index (χ4v) is 5.06. The summed E-state index contributed by atoms with van der Waals surface area (Å²) in [6, 6.07) is 26.8. The van der Waals surface area contributed by atoms with E-state index in [0.29, 0.717) is 6.17 Å². The van der Waals surface area contributed by atoms with Crippen LogP contribution in [0.5, 0.6) is 0 Å². The average Bonchev–Trinajstić information content (AvgIpc) is 2.87. The molecule has 0 unspecified atom stereocenters. The minimum atomic E-state index is 0.340. The van der Waals surface area contributed by atoms with E-state index in [1.54, 1.807) is 0 Å². The van der Waals surface area contributed by atoms with Gasteiger partial charge in [-0.05, 0) is 66.7 Å². The van der Waals surface area contributed by atoms with Gasteiger partial charge in [-0.1, -0.05) is 111 Å². The second-order valence-electron chi connectivity index (χ2n) is 10.7. The first-order chi connectivity index (χ1) is 16.5. The van der Waals surface area contributed by atoms with Crippen LogP contribution >= 0.6 is 0 Å². The van der Waals surface area contributed by atoms with Crippen LogP contribution in [-0.4, -0.2) is 13.1 Å². The molecule has 0 atom stereocenters. The van der Waals surface area contributed by atoms with Crippen LogP contribution < -0.4 is 10.6 Å². The molecule has 2 N–H and O–H groups in total. The van der Waals surface area contributed by atoms with Gasteiger partial charge >= 0.3 is 0 Å². The molecule has 3 aromatic rings. The highest BCUT2D eigenvalue weighted by atomic mass is 15.1. The van der Waals surface area contributed by atoms with Crippen molar-refractivity contribution in [3.8, 4) is 11.1 Å². The highest BCUT2D eigenvalue weighted by Crippen LogP contribution is 2.36. The highest BCUT2D eigenvalue weighted by Gasteiger charge is 2.19. The average molecular weight is 455 g/mol. The summed E-state index contributed by atoms with van der Waals surface area (Å²) in [5.74, 6) is 2.45. The van der Waals surface area contributed by atoms with Crippen LogP contribution in [0, 0.1) is 25.7 Å². The maximum atomic E-state index is 3.49. The summed E-state index contributed by atoms with van der Waals surface area (Å²) in [4.78, 5) is 0. The van der Waals surface area contributed by atoms with Crippen molar-refractivity contribution in [2.45, 2.75) is 65.5 Å². The predicted octanol–water partition coefficient (Wildman–Crippen LogP) is 7.78. The van der Waals surface area contributed by atoms with E-state index in [9.17, 15) is 0 Å². The zero-order valence-corrected chi connectivity index (χ0v) is 21.5. The summed E-state index contributed by atoms with van der Waals surface area (Å²) in [6.45, 7) is 11.1. The van der Waals surface area contributed by atoms with Gasteiger partial charge in [-0.25, -0.2) is 0 Å². The van der Waals surface area contributed by atoms with E-state index in [1.807, 2.05) is 0 Å². The Bertz CT molecular complexity index is 988. The van der Waals surface area contributed by atoms with Crippen molar-refractivity contribution in [2.24, 2.45) is 11.8 Å². The molecule has 5 rings (SSSR count). The first kappa shape index (κ1) is 24.7. The van der Waals surface area contributed by atoms with Crippen molar-refractivity contribution in [3.05, 3.63) is 95.1 Å². The lowest BCUT2D eigenvalue weighted by molar-refractivity contribution is 0.314. The molecule has 2 nitrogen and oxygen atoms in total. The fraction of sp³-hybridized carbons (Fsp3) is 0.438. The standard InChI is InChI=1S/C20H24.C12H18N2/c1-15-3-7-17(8-4-15)19-11-13-20(14-12-19)18-9-5-16(2)6-10-18;1-9-3-5-11(6-4-9)12-13-7-10(2)8-14-12/h3-4,7-8,11-14,16,18H,5-6,9-10H2,1-2H3;3-6,10,12-14H,7-8H2,1-2H3. The third-order valence-electron chi connectivity index (χ3n) is 7.53. The first-order valence-electron chi connectivity index (χ1n) is 13.2. The molecule has 0 radical (unpaired) electrons. The molecule has 1 saturated heterocycles. The van der Waals surface area contributed by atoms with Gasteiger partial charge in [0.05, 0.1) is 6.17 Å². The molecular formula is C32H42N2. The van der Waals surface area contributed by atoms with Crippen LogP contribution in [0.2, 0.25) is 0 Å². The molecule has 2 fully saturated rings. The van der Waals surface area contributed by atoms with Crippen molar-refractivity contribution in [2.75, 3.05) is 13.1 Å². The third-order valence-corrected chi connectivity index (χ3v) is 7.53. The van der Waals surface area contributed by atoms with Gasteiger partial charge in [0, 0.05) is 13.1 Å². The topological polar surface area (TPSA) is 24.1 Å². The summed E-state index contributed by atoms with van der Waals surface area (Å²) in [6.07, 6.45) is 5.86. The molecule has 34 heavy (non-hydrogen) atoms. The Balaban J connectivity index is 0.000000172. The largest absolute Gasteiger partial charge is 0.298 e. The fourth-order valence-electron chi connectivity index (χ4n) is 5.06. The first-order valence-corrected chi connectivity index (χ1v) is 13.2. The second kappa shape index (κ2) is 11.8. The molecule has 1 heterocycles. The van der Waals surface area contributed by atoms with Crippen molar-refractivity contribution in [1.82, 2.24) is 10.6 Å². The molecule has 3 aromatic carbocycles. The number of benzene rings is 3. The Morgan fingerprint density at radius 3 is 1.50 bits per heavy atom. The van der Waals surface area contributed by atoms with Crippen molar-refractivity contribution < 1.29 is 0 Å². The number of rotatable bonds is 3. The van der Waals surface area contributed by atoms with E-state index in [2.05, 4.69) is 111 Å². The summed E-state index contributed by atoms with van der Waals surface area (Å²) in [5.41, 5.74) is 8.16. The van der Waals surface area contributed by atoms with Gasteiger partial charge in [-0.3, -0.25) is 10.6 Å². The highest BCUT2D eigenvalue weighted by molar-refractivity contribution is 5.64. The molecule has 1 aliphatic carbocycles. The van der Waals surface area contributed by atoms with Gasteiger partial charge in [-0.2, -0.15) is 0 Å². The van der Waals surface area contributed by atoms with Crippen molar-refractivity contribution >= 4 is 0 Å². The zero-order chi connectivity index (χ0) is 23.9. The molecule has 1 aliphatic heterocycles. The summed E-state index contributed by atoms with van der Waals surface area (Å²) < 4.78 is 0. The van der Waals surface area contributed by atoms with Crippen LogP contribution in [0.15, 0.2) is 72.8 Å². The number of hydrogen-bond acceptors (Lipinski definition) is 2. The van der Waals surface area contributed by atoms with Gasteiger partial charge in [-0.15, -0.1) is 0 Å². The smallest absolute Gasteiger partial charge is 0.0835 e.